The Hall–Kier alpha value is -2.25. The Kier molecular flexibility index (Phi) is 6.38. The highest BCUT2D eigenvalue weighted by molar-refractivity contribution is 7.92. The number of nitrogens with one attached hydrogen (secondary N) is 1. The molecule has 0 saturated heterocycles. The van der Waals surface area contributed by atoms with Gasteiger partial charge in [0.25, 0.3) is 0 Å². The molecule has 2 aromatic carbocycles. The molecule has 0 fully saturated rings. The molecule has 146 valence electrons. The highest BCUT2D eigenvalue weighted by atomic mass is 35.5. The highest BCUT2D eigenvalue weighted by Gasteiger charge is 2.30. The maximum Gasteiger partial charge on any atom is 0.247 e. The lowest BCUT2D eigenvalue weighted by Crippen LogP contribution is -2.45. The van der Waals surface area contributed by atoms with E-state index in [1.54, 1.807) is 38.1 Å². The van der Waals surface area contributed by atoms with Gasteiger partial charge in [0.1, 0.15) is 11.8 Å². The number of rotatable bonds is 6. The van der Waals surface area contributed by atoms with Crippen molar-refractivity contribution in [3.63, 3.8) is 0 Å². The molecule has 0 unspecified atom stereocenters. The molecule has 0 heterocycles. The lowest BCUT2D eigenvalue weighted by Gasteiger charge is -2.29. The standard InChI is InChI=1S/C19H23ClN2O4S/c1-12-6-7-13(2)17(10-12)22(27(5,24)25)14(3)19(23)21-15-8-9-18(26-4)16(20)11-15/h6-11,14H,1-5H3,(H,21,23)/t14-/m1/s1. The molecule has 8 heteroatoms. The minimum absolute atomic E-state index is 0.345. The van der Waals surface area contributed by atoms with E-state index in [1.807, 2.05) is 19.1 Å². The summed E-state index contributed by atoms with van der Waals surface area (Å²) >= 11 is 6.08. The van der Waals surface area contributed by atoms with Crippen LogP contribution in [-0.2, 0) is 14.8 Å². The highest BCUT2D eigenvalue weighted by Crippen LogP contribution is 2.29. The Balaban J connectivity index is 2.35. The van der Waals surface area contributed by atoms with E-state index in [4.69, 9.17) is 16.3 Å². The van der Waals surface area contributed by atoms with Gasteiger partial charge < -0.3 is 10.1 Å². The predicted octanol–water partition coefficient (Wildman–Crippen LogP) is 3.76. The van der Waals surface area contributed by atoms with Crippen LogP contribution in [-0.4, -0.2) is 33.7 Å². The van der Waals surface area contributed by atoms with Gasteiger partial charge in [0.2, 0.25) is 15.9 Å². The quantitative estimate of drug-likeness (QED) is 0.786. The van der Waals surface area contributed by atoms with Gasteiger partial charge >= 0.3 is 0 Å². The smallest absolute Gasteiger partial charge is 0.247 e. The number of benzene rings is 2. The first-order chi connectivity index (χ1) is 12.5. The molecule has 0 aliphatic rings. The number of nitrogens with zero attached hydrogens (tertiary/aromatic N) is 1. The van der Waals surface area contributed by atoms with Crippen molar-refractivity contribution in [2.75, 3.05) is 23.0 Å². The van der Waals surface area contributed by atoms with Crippen LogP contribution in [0, 0.1) is 13.8 Å². The van der Waals surface area contributed by atoms with Crippen molar-refractivity contribution in [1.82, 2.24) is 0 Å². The van der Waals surface area contributed by atoms with Crippen molar-refractivity contribution in [2.45, 2.75) is 26.8 Å². The summed E-state index contributed by atoms with van der Waals surface area (Å²) in [5.74, 6) is 0.0124. The second-order valence-electron chi connectivity index (χ2n) is 6.36. The number of methoxy groups -OCH3 is 1. The molecule has 0 spiro atoms. The molecule has 0 aliphatic heterocycles. The SMILES string of the molecule is COc1ccc(NC(=O)[C@@H](C)N(c2cc(C)ccc2C)S(C)(=O)=O)cc1Cl. The van der Waals surface area contributed by atoms with E-state index in [0.29, 0.717) is 22.1 Å². The lowest BCUT2D eigenvalue weighted by atomic mass is 10.1. The van der Waals surface area contributed by atoms with Crippen LogP contribution >= 0.6 is 11.6 Å². The van der Waals surface area contributed by atoms with Crippen LogP contribution in [0.2, 0.25) is 5.02 Å². The first-order valence-electron chi connectivity index (χ1n) is 8.25. The van der Waals surface area contributed by atoms with E-state index in [-0.39, 0.29) is 0 Å². The van der Waals surface area contributed by atoms with Crippen LogP contribution in [0.1, 0.15) is 18.1 Å². The van der Waals surface area contributed by atoms with Crippen LogP contribution in [0.5, 0.6) is 5.75 Å². The van der Waals surface area contributed by atoms with Gasteiger partial charge in [-0.3, -0.25) is 9.10 Å². The third kappa shape index (κ3) is 4.93. The first kappa shape index (κ1) is 21.1. The van der Waals surface area contributed by atoms with Gasteiger partial charge in [0, 0.05) is 5.69 Å². The van der Waals surface area contributed by atoms with Gasteiger partial charge in [-0.25, -0.2) is 8.42 Å². The van der Waals surface area contributed by atoms with Crippen molar-refractivity contribution in [3.8, 4) is 5.75 Å². The van der Waals surface area contributed by atoms with Crippen molar-refractivity contribution in [2.24, 2.45) is 0 Å². The fraction of sp³-hybridized carbons (Fsp3) is 0.316. The molecule has 0 saturated carbocycles. The molecule has 1 amide bonds. The topological polar surface area (TPSA) is 75.7 Å². The van der Waals surface area contributed by atoms with Crippen LogP contribution in [0.25, 0.3) is 0 Å². The Morgan fingerprint density at radius 3 is 2.41 bits per heavy atom. The fourth-order valence-corrected chi connectivity index (χ4v) is 4.21. The number of ether oxygens (including phenoxy) is 1. The molecular weight excluding hydrogens is 388 g/mol. The van der Waals surface area contributed by atoms with E-state index in [9.17, 15) is 13.2 Å². The van der Waals surface area contributed by atoms with Gasteiger partial charge in [0.05, 0.1) is 24.1 Å². The number of hydrogen-bond acceptors (Lipinski definition) is 4. The number of carbonyl (C=O) groups is 1. The average Bonchev–Trinajstić information content (AvgIpc) is 2.57. The van der Waals surface area contributed by atoms with Crippen molar-refractivity contribution in [3.05, 3.63) is 52.5 Å². The molecule has 6 nitrogen and oxygen atoms in total. The Morgan fingerprint density at radius 2 is 1.85 bits per heavy atom. The zero-order chi connectivity index (χ0) is 20.4. The maximum absolute atomic E-state index is 12.7. The normalized spacial score (nSPS) is 12.4. The molecule has 2 aromatic rings. The summed E-state index contributed by atoms with van der Waals surface area (Å²) in [5.41, 5.74) is 2.59. The van der Waals surface area contributed by atoms with Gasteiger partial charge in [-0.15, -0.1) is 0 Å². The van der Waals surface area contributed by atoms with E-state index >= 15 is 0 Å². The number of sulfonamides is 1. The summed E-state index contributed by atoms with van der Waals surface area (Å²) in [6.45, 7) is 5.22. The molecule has 1 N–H and O–H groups in total. The third-order valence-corrected chi connectivity index (χ3v) is 5.63. The summed E-state index contributed by atoms with van der Waals surface area (Å²) in [6, 6.07) is 9.33. The fourth-order valence-electron chi connectivity index (χ4n) is 2.73. The van der Waals surface area contributed by atoms with Gasteiger partial charge in [-0.1, -0.05) is 23.7 Å². The minimum Gasteiger partial charge on any atom is -0.495 e. The van der Waals surface area contributed by atoms with Crippen LogP contribution in [0.4, 0.5) is 11.4 Å². The maximum atomic E-state index is 12.7. The summed E-state index contributed by atoms with van der Waals surface area (Å²) in [5, 5.41) is 3.05. The predicted molar refractivity (Wildman–Crippen MR) is 109 cm³/mol. The van der Waals surface area contributed by atoms with Crippen molar-refractivity contribution >= 4 is 38.9 Å². The minimum atomic E-state index is -3.69. The van der Waals surface area contributed by atoms with E-state index in [2.05, 4.69) is 5.32 Å². The summed E-state index contributed by atoms with van der Waals surface area (Å²) in [4.78, 5) is 12.7. The molecule has 0 aromatic heterocycles. The first-order valence-corrected chi connectivity index (χ1v) is 10.5. The molecule has 0 bridgehead atoms. The molecule has 27 heavy (non-hydrogen) atoms. The second-order valence-corrected chi connectivity index (χ2v) is 8.63. The third-order valence-electron chi connectivity index (χ3n) is 4.11. The summed E-state index contributed by atoms with van der Waals surface area (Å²) in [6.07, 6.45) is 1.09. The Labute approximate surface area is 165 Å². The monoisotopic (exact) mass is 410 g/mol. The van der Waals surface area contributed by atoms with Crippen molar-refractivity contribution in [1.29, 1.82) is 0 Å². The number of hydrogen-bond donors (Lipinski definition) is 1. The zero-order valence-corrected chi connectivity index (χ0v) is 17.5. The van der Waals surface area contributed by atoms with E-state index < -0.39 is 22.0 Å². The molecular formula is C19H23ClN2O4S. The van der Waals surface area contributed by atoms with Gasteiger partial charge in [-0.2, -0.15) is 0 Å². The van der Waals surface area contributed by atoms with Gasteiger partial charge in [0.15, 0.2) is 0 Å². The summed E-state index contributed by atoms with van der Waals surface area (Å²) in [7, 11) is -2.19. The van der Waals surface area contributed by atoms with E-state index in [1.165, 1.54) is 7.11 Å². The molecule has 0 aliphatic carbocycles. The number of carbonyl (C=O) groups excluding carboxylic acids is 1. The number of amides is 1. The molecule has 2 rings (SSSR count). The number of anilines is 2. The van der Waals surface area contributed by atoms with Crippen molar-refractivity contribution < 1.29 is 17.9 Å². The zero-order valence-electron chi connectivity index (χ0n) is 15.9. The Morgan fingerprint density at radius 1 is 1.19 bits per heavy atom. The Bertz CT molecular complexity index is 960. The summed E-state index contributed by atoms with van der Waals surface area (Å²) < 4.78 is 31.1. The van der Waals surface area contributed by atoms with Crippen LogP contribution < -0.4 is 14.4 Å². The van der Waals surface area contributed by atoms with E-state index in [0.717, 1.165) is 21.7 Å². The molecule has 0 radical (unpaired) electrons. The largest absolute Gasteiger partial charge is 0.495 e. The number of aryl methyl sites for hydroxylation is 2. The van der Waals surface area contributed by atoms with Gasteiger partial charge in [-0.05, 0) is 56.2 Å². The molecule has 1 atom stereocenters. The van der Waals surface area contributed by atoms with Crippen LogP contribution in [0.3, 0.4) is 0 Å². The average molecular weight is 411 g/mol. The lowest BCUT2D eigenvalue weighted by molar-refractivity contribution is -0.116. The second kappa shape index (κ2) is 8.19. The number of halogens is 1. The van der Waals surface area contributed by atoms with Crippen LogP contribution in [0.15, 0.2) is 36.4 Å².